The van der Waals surface area contributed by atoms with Crippen LogP contribution in [-0.2, 0) is 28.6 Å². The van der Waals surface area contributed by atoms with E-state index >= 15 is 0 Å². The van der Waals surface area contributed by atoms with Crippen LogP contribution < -0.4 is 5.11 Å². The topological polar surface area (TPSA) is 102 Å². The van der Waals surface area contributed by atoms with Crippen molar-refractivity contribution in [2.45, 2.75) is 193 Å². The summed E-state index contributed by atoms with van der Waals surface area (Å²) in [6.07, 6.45) is 48.2. The molecule has 0 heterocycles. The first-order chi connectivity index (χ1) is 27.6. The second-order valence-corrected chi connectivity index (χ2v) is 16.3. The quantitative estimate of drug-likeness (QED) is 0.0200. The standard InChI is InChI=1S/C49H85NO7/c1-6-8-10-12-14-16-18-19-20-21-22-23-24-25-26-27-28-30-32-34-36-38-40-48(52)57-45(43-55-42-41-46(49(53)54)50(3,4)5)44-56-47(51)39-37-35-33-31-29-17-15-13-11-9-7-2/h13-17,19-20,22-23,29,45-46H,6-12,18,21,24-28,30-44H2,1-5H3/b15-13+,16-14+,20-19+,23-22+,29-17+. The molecule has 0 bridgehead atoms. The van der Waals surface area contributed by atoms with Crippen molar-refractivity contribution in [3.05, 3.63) is 60.8 Å². The number of quaternary nitrogens is 1. The first-order valence-electron chi connectivity index (χ1n) is 22.8. The van der Waals surface area contributed by atoms with Crippen LogP contribution in [0.5, 0.6) is 0 Å². The molecule has 0 aromatic heterocycles. The number of aliphatic carboxylic acids is 1. The summed E-state index contributed by atoms with van der Waals surface area (Å²) in [5.74, 6) is -1.78. The number of ether oxygens (including phenoxy) is 3. The van der Waals surface area contributed by atoms with Crippen molar-refractivity contribution in [2.75, 3.05) is 41.0 Å². The summed E-state index contributed by atoms with van der Waals surface area (Å²) in [4.78, 5) is 36.8. The highest BCUT2D eigenvalue weighted by Gasteiger charge is 2.25. The zero-order valence-corrected chi connectivity index (χ0v) is 37.2. The number of unbranched alkanes of at least 4 members (excludes halogenated alkanes) is 17. The lowest BCUT2D eigenvalue weighted by molar-refractivity contribution is -0.889. The molecular formula is C49H85NO7. The molecule has 8 nitrogen and oxygen atoms in total. The Morgan fingerprint density at radius 1 is 0.544 bits per heavy atom. The van der Waals surface area contributed by atoms with Crippen LogP contribution in [0.1, 0.15) is 181 Å². The summed E-state index contributed by atoms with van der Waals surface area (Å²) < 4.78 is 17.1. The maximum absolute atomic E-state index is 12.7. The molecule has 0 aromatic carbocycles. The van der Waals surface area contributed by atoms with E-state index in [4.69, 9.17) is 14.2 Å². The van der Waals surface area contributed by atoms with Gasteiger partial charge in [0.1, 0.15) is 12.6 Å². The van der Waals surface area contributed by atoms with E-state index in [9.17, 15) is 19.5 Å². The SMILES string of the molecule is CCCC/C=C/C=C/CCCCCC(=O)OCC(COCCC(C(=O)[O-])[N+](C)(C)C)OC(=O)CCCCCCCCCCC/C=C/C/C=C/C/C=C/CCCCC. The first-order valence-corrected chi connectivity index (χ1v) is 22.8. The average molecular weight is 800 g/mol. The van der Waals surface area contributed by atoms with Crippen LogP contribution in [0.15, 0.2) is 60.8 Å². The molecule has 2 atom stereocenters. The van der Waals surface area contributed by atoms with Crippen molar-refractivity contribution in [3.8, 4) is 0 Å². The lowest BCUT2D eigenvalue weighted by atomic mass is 10.1. The molecule has 0 aliphatic carbocycles. The lowest BCUT2D eigenvalue weighted by Crippen LogP contribution is -2.55. The molecule has 0 fully saturated rings. The first kappa shape index (κ1) is 54.0. The van der Waals surface area contributed by atoms with Gasteiger partial charge in [-0.1, -0.05) is 152 Å². The lowest BCUT2D eigenvalue weighted by Gasteiger charge is -2.34. The van der Waals surface area contributed by atoms with Crippen LogP contribution >= 0.6 is 0 Å². The van der Waals surface area contributed by atoms with Gasteiger partial charge in [0, 0.05) is 19.3 Å². The number of nitrogens with zero attached hydrogens (tertiary/aromatic N) is 1. The van der Waals surface area contributed by atoms with Gasteiger partial charge in [-0.15, -0.1) is 0 Å². The van der Waals surface area contributed by atoms with Crippen molar-refractivity contribution in [1.29, 1.82) is 0 Å². The minimum Gasteiger partial charge on any atom is -0.544 e. The van der Waals surface area contributed by atoms with Crippen LogP contribution in [-0.4, -0.2) is 75.5 Å². The minimum atomic E-state index is -1.13. The number of carboxylic acid groups (broad SMARTS) is 1. The molecule has 0 radical (unpaired) electrons. The summed E-state index contributed by atoms with van der Waals surface area (Å²) in [5.41, 5.74) is 0. The van der Waals surface area contributed by atoms with Crippen molar-refractivity contribution >= 4 is 17.9 Å². The van der Waals surface area contributed by atoms with Gasteiger partial charge in [0.25, 0.3) is 0 Å². The third kappa shape index (κ3) is 38.3. The third-order valence-electron chi connectivity index (χ3n) is 9.90. The molecule has 0 N–H and O–H groups in total. The van der Waals surface area contributed by atoms with Gasteiger partial charge >= 0.3 is 11.9 Å². The molecule has 328 valence electrons. The van der Waals surface area contributed by atoms with E-state index in [1.165, 1.54) is 77.0 Å². The zero-order valence-electron chi connectivity index (χ0n) is 37.2. The van der Waals surface area contributed by atoms with E-state index in [1.54, 1.807) is 21.1 Å². The monoisotopic (exact) mass is 800 g/mol. The van der Waals surface area contributed by atoms with Crippen molar-refractivity contribution in [2.24, 2.45) is 0 Å². The molecular weight excluding hydrogens is 715 g/mol. The number of likely N-dealkylation sites (N-methyl/N-ethyl adjacent to an activating group) is 1. The second kappa shape index (κ2) is 39.8. The molecule has 0 spiro atoms. The number of esters is 2. The van der Waals surface area contributed by atoms with Gasteiger partial charge in [0.05, 0.1) is 40.3 Å². The Kier molecular flexibility index (Phi) is 37.8. The minimum absolute atomic E-state index is 0.0279. The van der Waals surface area contributed by atoms with E-state index in [0.29, 0.717) is 12.8 Å². The number of hydrogen-bond acceptors (Lipinski definition) is 7. The van der Waals surface area contributed by atoms with Crippen LogP contribution in [0.4, 0.5) is 0 Å². The van der Waals surface area contributed by atoms with Crippen LogP contribution in [0.2, 0.25) is 0 Å². The van der Waals surface area contributed by atoms with E-state index in [2.05, 4.69) is 74.6 Å². The second-order valence-electron chi connectivity index (χ2n) is 16.3. The number of allylic oxidation sites excluding steroid dienone is 10. The van der Waals surface area contributed by atoms with Crippen LogP contribution in [0.3, 0.4) is 0 Å². The van der Waals surface area contributed by atoms with E-state index < -0.39 is 18.1 Å². The van der Waals surface area contributed by atoms with Gasteiger partial charge in [0.2, 0.25) is 0 Å². The van der Waals surface area contributed by atoms with Crippen LogP contribution in [0, 0.1) is 0 Å². The largest absolute Gasteiger partial charge is 0.544 e. The number of hydrogen-bond donors (Lipinski definition) is 0. The Balaban J connectivity index is 4.30. The number of carbonyl (C=O) groups excluding carboxylic acids is 3. The summed E-state index contributed by atoms with van der Waals surface area (Å²) >= 11 is 0. The fraction of sp³-hybridized carbons (Fsp3) is 0.735. The zero-order chi connectivity index (χ0) is 42.1. The molecule has 0 saturated heterocycles. The fourth-order valence-electron chi connectivity index (χ4n) is 6.29. The molecule has 0 aromatic rings. The molecule has 0 saturated carbocycles. The van der Waals surface area contributed by atoms with Gasteiger partial charge < -0.3 is 28.6 Å². The molecule has 0 amide bonds. The van der Waals surface area contributed by atoms with E-state index in [0.717, 1.165) is 70.6 Å². The van der Waals surface area contributed by atoms with Gasteiger partial charge in [-0.25, -0.2) is 0 Å². The van der Waals surface area contributed by atoms with Crippen molar-refractivity contribution in [1.82, 2.24) is 0 Å². The highest BCUT2D eigenvalue weighted by atomic mass is 16.6. The van der Waals surface area contributed by atoms with E-state index in [-0.39, 0.29) is 42.7 Å². The number of carbonyl (C=O) groups is 3. The molecule has 0 aliphatic heterocycles. The fourth-order valence-corrected chi connectivity index (χ4v) is 6.29. The van der Waals surface area contributed by atoms with Crippen molar-refractivity contribution in [3.63, 3.8) is 0 Å². The van der Waals surface area contributed by atoms with Gasteiger partial charge in [-0.3, -0.25) is 9.59 Å². The highest BCUT2D eigenvalue weighted by Crippen LogP contribution is 2.14. The predicted octanol–water partition coefficient (Wildman–Crippen LogP) is 11.2. The Bertz CT molecular complexity index is 1120. The summed E-state index contributed by atoms with van der Waals surface area (Å²) in [5, 5.41) is 11.6. The Hall–Kier alpha value is -2.97. The van der Waals surface area contributed by atoms with E-state index in [1.807, 2.05) is 0 Å². The summed E-state index contributed by atoms with van der Waals surface area (Å²) in [6.45, 7) is 4.54. The molecule has 0 rings (SSSR count). The molecule has 0 aliphatic rings. The van der Waals surface area contributed by atoms with Crippen LogP contribution in [0.25, 0.3) is 0 Å². The van der Waals surface area contributed by atoms with Gasteiger partial charge in [-0.2, -0.15) is 0 Å². The number of carboxylic acids is 1. The van der Waals surface area contributed by atoms with Crippen molar-refractivity contribution < 1.29 is 38.2 Å². The average Bonchev–Trinajstić information content (AvgIpc) is 3.17. The smallest absolute Gasteiger partial charge is 0.306 e. The normalized spacial score (nSPS) is 13.5. The molecule has 8 heteroatoms. The summed E-state index contributed by atoms with van der Waals surface area (Å²) in [7, 11) is 5.39. The summed E-state index contributed by atoms with van der Waals surface area (Å²) in [6, 6.07) is -0.732. The Morgan fingerprint density at radius 2 is 1.00 bits per heavy atom. The molecule has 57 heavy (non-hydrogen) atoms. The maximum Gasteiger partial charge on any atom is 0.306 e. The van der Waals surface area contributed by atoms with Gasteiger partial charge in [0.15, 0.2) is 6.10 Å². The third-order valence-corrected chi connectivity index (χ3v) is 9.90. The maximum atomic E-state index is 12.7. The number of rotatable bonds is 40. The Morgan fingerprint density at radius 3 is 1.54 bits per heavy atom. The Labute approximate surface area is 349 Å². The van der Waals surface area contributed by atoms with Gasteiger partial charge in [-0.05, 0) is 70.6 Å². The predicted molar refractivity (Wildman–Crippen MR) is 236 cm³/mol. The molecule has 2 unspecified atom stereocenters. The highest BCUT2D eigenvalue weighted by molar-refractivity contribution is 5.70.